The lowest BCUT2D eigenvalue weighted by Gasteiger charge is -2.08. The summed E-state index contributed by atoms with van der Waals surface area (Å²) in [5.74, 6) is 0.974. The minimum atomic E-state index is -0.202. The van der Waals surface area contributed by atoms with Crippen molar-refractivity contribution in [3.63, 3.8) is 0 Å². The van der Waals surface area contributed by atoms with Crippen LogP contribution in [0, 0.1) is 0 Å². The summed E-state index contributed by atoms with van der Waals surface area (Å²) >= 11 is 0. The Morgan fingerprint density at radius 2 is 1.96 bits per heavy atom. The predicted octanol–water partition coefficient (Wildman–Crippen LogP) is 3.37. The van der Waals surface area contributed by atoms with Gasteiger partial charge in [-0.25, -0.2) is 0 Å². The minimum Gasteiger partial charge on any atom is -0.497 e. The smallest absolute Gasteiger partial charge is 0.279 e. The van der Waals surface area contributed by atoms with E-state index in [2.05, 4.69) is 20.4 Å². The van der Waals surface area contributed by atoms with Crippen LogP contribution in [0.15, 0.2) is 69.0 Å². The number of carbonyl (C=O) groups is 1. The zero-order chi connectivity index (χ0) is 18.1. The van der Waals surface area contributed by atoms with Crippen molar-refractivity contribution in [2.45, 2.75) is 12.5 Å². The van der Waals surface area contributed by atoms with Gasteiger partial charge in [0, 0.05) is 19.0 Å². The summed E-state index contributed by atoms with van der Waals surface area (Å²) in [7, 11) is 3.30. The Morgan fingerprint density at radius 1 is 1.15 bits per heavy atom. The molecule has 7 nitrogen and oxygen atoms in total. The summed E-state index contributed by atoms with van der Waals surface area (Å²) in [5.41, 5.74) is 2.86. The average molecular weight is 347 g/mol. The molecule has 2 aromatic carbocycles. The van der Waals surface area contributed by atoms with Gasteiger partial charge in [-0.15, -0.1) is 15.3 Å². The van der Waals surface area contributed by atoms with Crippen LogP contribution in [-0.4, -0.2) is 31.6 Å². The first-order valence-electron chi connectivity index (χ1n) is 8.24. The molecule has 0 saturated carbocycles. The van der Waals surface area contributed by atoms with Gasteiger partial charge in [0.25, 0.3) is 5.91 Å². The molecule has 0 bridgehead atoms. The van der Waals surface area contributed by atoms with Crippen LogP contribution in [0.3, 0.4) is 0 Å². The number of hydrogen-bond donors (Lipinski definition) is 0. The lowest BCUT2D eigenvalue weighted by molar-refractivity contribution is -0.111. The van der Waals surface area contributed by atoms with Crippen LogP contribution in [0.25, 0.3) is 0 Å². The number of benzene rings is 2. The molecule has 7 heteroatoms. The second-order valence-corrected chi connectivity index (χ2v) is 6.06. The molecule has 4 rings (SSSR count). The molecule has 0 N–H and O–H groups in total. The summed E-state index contributed by atoms with van der Waals surface area (Å²) in [6.07, 6.45) is 0.565. The number of ether oxygens (including phenoxy) is 1. The van der Waals surface area contributed by atoms with E-state index in [0.29, 0.717) is 23.6 Å². The van der Waals surface area contributed by atoms with E-state index in [1.165, 1.54) is 0 Å². The number of amides is 1. The minimum absolute atomic E-state index is 0.0514. The van der Waals surface area contributed by atoms with E-state index in [1.807, 2.05) is 42.5 Å². The Balaban J connectivity index is 1.61. The van der Waals surface area contributed by atoms with Crippen LogP contribution in [0.5, 0.6) is 5.75 Å². The van der Waals surface area contributed by atoms with E-state index in [1.54, 1.807) is 25.1 Å². The number of nitrogens with zero attached hydrogens (tertiary/aromatic N) is 5. The van der Waals surface area contributed by atoms with Crippen LogP contribution in [0.2, 0.25) is 0 Å². The number of amidine groups is 1. The third kappa shape index (κ3) is 2.77. The zero-order valence-corrected chi connectivity index (χ0v) is 14.5. The van der Waals surface area contributed by atoms with Gasteiger partial charge >= 0.3 is 0 Å². The average Bonchev–Trinajstić information content (AvgIpc) is 3.25. The Labute approximate surface area is 150 Å². The van der Waals surface area contributed by atoms with E-state index in [-0.39, 0.29) is 17.7 Å². The molecule has 2 heterocycles. The lowest BCUT2D eigenvalue weighted by Crippen LogP contribution is -2.25. The Kier molecular flexibility index (Phi) is 4.04. The highest BCUT2D eigenvalue weighted by Gasteiger charge is 2.32. The summed E-state index contributed by atoms with van der Waals surface area (Å²) in [4.78, 5) is 14.0. The van der Waals surface area contributed by atoms with Crippen LogP contribution < -0.4 is 9.64 Å². The number of azo groups is 1. The highest BCUT2D eigenvalue weighted by Crippen LogP contribution is 2.32. The summed E-state index contributed by atoms with van der Waals surface area (Å²) in [6, 6.07) is 15.3. The molecule has 0 fully saturated rings. The molecule has 26 heavy (non-hydrogen) atoms. The van der Waals surface area contributed by atoms with Gasteiger partial charge in [-0.2, -0.15) is 5.11 Å². The van der Waals surface area contributed by atoms with Gasteiger partial charge in [0.1, 0.15) is 11.8 Å². The maximum atomic E-state index is 12.5. The highest BCUT2D eigenvalue weighted by atomic mass is 16.5. The van der Waals surface area contributed by atoms with Gasteiger partial charge in [0.2, 0.25) is 0 Å². The number of anilines is 1. The molecular formula is C19H17N5O2. The van der Waals surface area contributed by atoms with Crippen molar-refractivity contribution in [3.8, 4) is 5.75 Å². The molecule has 0 saturated heterocycles. The molecule has 1 amide bonds. The summed E-state index contributed by atoms with van der Waals surface area (Å²) in [5, 5.41) is 16.7. The fraction of sp³-hybridized carbons (Fsp3) is 0.211. The van der Waals surface area contributed by atoms with Crippen LogP contribution in [0.4, 0.5) is 5.69 Å². The molecule has 0 radical (unpaired) electrons. The van der Waals surface area contributed by atoms with E-state index in [4.69, 9.17) is 4.74 Å². The third-order valence-electron chi connectivity index (χ3n) is 4.47. The number of likely N-dealkylation sites (N-methyl/N-ethyl adjacent to an activating group) is 1. The van der Waals surface area contributed by atoms with Crippen LogP contribution in [0.1, 0.15) is 23.6 Å². The fourth-order valence-electron chi connectivity index (χ4n) is 3.02. The first-order valence-corrected chi connectivity index (χ1v) is 8.24. The van der Waals surface area contributed by atoms with E-state index in [9.17, 15) is 4.79 Å². The Morgan fingerprint density at radius 3 is 2.73 bits per heavy atom. The van der Waals surface area contributed by atoms with Gasteiger partial charge < -0.3 is 9.64 Å². The predicted molar refractivity (Wildman–Crippen MR) is 99.0 cm³/mol. The second-order valence-electron chi connectivity index (χ2n) is 6.06. The SMILES string of the molecule is COc1ccc2c(c1)/C(=N\N=C1\C[C@H](c3ccccc3)N=N1)C(=O)N2C. The van der Waals surface area contributed by atoms with E-state index < -0.39 is 0 Å². The summed E-state index contributed by atoms with van der Waals surface area (Å²) < 4.78 is 5.25. The van der Waals surface area contributed by atoms with Gasteiger partial charge in [0.05, 0.1) is 12.8 Å². The number of hydrogen-bond acceptors (Lipinski definition) is 5. The van der Waals surface area contributed by atoms with Crippen molar-refractivity contribution >= 4 is 23.1 Å². The quantitative estimate of drug-likeness (QED) is 0.798. The Hall–Kier alpha value is -3.35. The number of fused-ring (bicyclic) bond motifs is 1. The van der Waals surface area contributed by atoms with Gasteiger partial charge in [-0.1, -0.05) is 30.3 Å². The zero-order valence-electron chi connectivity index (χ0n) is 14.5. The molecule has 130 valence electrons. The number of carbonyl (C=O) groups excluding carboxylic acids is 1. The highest BCUT2D eigenvalue weighted by molar-refractivity contribution is 6.54. The molecule has 0 spiro atoms. The molecule has 2 aliphatic heterocycles. The topological polar surface area (TPSA) is 79.0 Å². The van der Waals surface area contributed by atoms with Crippen molar-refractivity contribution in [1.29, 1.82) is 0 Å². The maximum Gasteiger partial charge on any atom is 0.279 e. The fourth-order valence-corrected chi connectivity index (χ4v) is 3.02. The molecule has 0 aromatic heterocycles. The lowest BCUT2D eigenvalue weighted by atomic mass is 10.1. The maximum absolute atomic E-state index is 12.5. The third-order valence-corrected chi connectivity index (χ3v) is 4.47. The number of rotatable bonds is 3. The first-order chi connectivity index (χ1) is 12.7. The van der Waals surface area contributed by atoms with Gasteiger partial charge in [-0.3, -0.25) is 4.79 Å². The molecule has 0 unspecified atom stereocenters. The standard InChI is InChI=1S/C19H17N5O2/c1-24-16-9-8-13(26-2)10-14(16)18(19(24)25)23-22-17-11-15(20-21-17)12-6-4-3-5-7-12/h3-10,15H,11H2,1-2H3/b22-17-,23-18+/t15-/m1/s1. The van der Waals surface area contributed by atoms with Crippen LogP contribution >= 0.6 is 0 Å². The van der Waals surface area contributed by atoms with Crippen molar-refractivity contribution in [1.82, 2.24) is 0 Å². The van der Waals surface area contributed by atoms with Crippen molar-refractivity contribution in [2.24, 2.45) is 20.4 Å². The number of methoxy groups -OCH3 is 1. The normalized spacial score (nSPS) is 21.7. The van der Waals surface area contributed by atoms with E-state index in [0.717, 1.165) is 11.3 Å². The van der Waals surface area contributed by atoms with Crippen LogP contribution in [-0.2, 0) is 4.79 Å². The van der Waals surface area contributed by atoms with Gasteiger partial charge in [0.15, 0.2) is 11.5 Å². The molecule has 2 aliphatic rings. The first kappa shape index (κ1) is 16.1. The van der Waals surface area contributed by atoms with Crippen molar-refractivity contribution < 1.29 is 9.53 Å². The Bertz CT molecular complexity index is 950. The van der Waals surface area contributed by atoms with E-state index >= 15 is 0 Å². The molecular weight excluding hydrogens is 330 g/mol. The van der Waals surface area contributed by atoms with Crippen molar-refractivity contribution in [2.75, 3.05) is 19.1 Å². The molecule has 2 aromatic rings. The monoisotopic (exact) mass is 347 g/mol. The van der Waals surface area contributed by atoms with Crippen molar-refractivity contribution in [3.05, 3.63) is 59.7 Å². The molecule has 1 atom stereocenters. The summed E-state index contributed by atoms with van der Waals surface area (Å²) in [6.45, 7) is 0. The van der Waals surface area contributed by atoms with Gasteiger partial charge in [-0.05, 0) is 23.8 Å². The largest absolute Gasteiger partial charge is 0.497 e. The second kappa shape index (κ2) is 6.51. The molecule has 0 aliphatic carbocycles.